The molecular formula is C8H18S. The van der Waals surface area contributed by atoms with Crippen molar-refractivity contribution in [1.82, 2.24) is 0 Å². The molecule has 0 unspecified atom stereocenters. The van der Waals surface area contributed by atoms with E-state index in [0.717, 1.165) is 6.42 Å². The first-order chi connectivity index (χ1) is 4.31. The number of rotatable bonds is 2. The molecule has 0 spiro atoms. The summed E-state index contributed by atoms with van der Waals surface area (Å²) in [6.45, 7) is 8.29. The lowest BCUT2D eigenvalue weighted by molar-refractivity contribution is 1.21. The topological polar surface area (TPSA) is 0 Å². The van der Waals surface area contributed by atoms with Gasteiger partial charge in [-0.25, -0.2) is 0 Å². The molecule has 0 amide bonds. The first-order valence-corrected chi connectivity index (χ1v) is 4.74. The molecule has 9 heavy (non-hydrogen) atoms. The van der Waals surface area contributed by atoms with E-state index in [2.05, 4.69) is 26.2 Å². The Morgan fingerprint density at radius 3 is 2.00 bits per heavy atom. The Hall–Kier alpha value is 0.0900. The fourth-order valence-corrected chi connectivity index (χ4v) is 0.704. The maximum absolute atomic E-state index is 2.23. The summed E-state index contributed by atoms with van der Waals surface area (Å²) in [4.78, 5) is 1.42. The fraction of sp³-hybridized carbons (Fsp3) is 0.750. The maximum Gasteiger partial charge on any atom is -0.0140 e. The van der Waals surface area contributed by atoms with E-state index < -0.39 is 0 Å². The molecule has 0 atom stereocenters. The highest BCUT2D eigenvalue weighted by molar-refractivity contribution is 8.02. The van der Waals surface area contributed by atoms with Gasteiger partial charge in [0.1, 0.15) is 0 Å². The van der Waals surface area contributed by atoms with Gasteiger partial charge in [0.15, 0.2) is 0 Å². The highest BCUT2D eigenvalue weighted by Gasteiger charge is 1.77. The average Bonchev–Trinajstić information content (AvgIpc) is 1.93. The van der Waals surface area contributed by atoms with Crippen LogP contribution in [-0.2, 0) is 0 Å². The predicted octanol–water partition coefficient (Wildman–Crippen LogP) is 3.69. The van der Waals surface area contributed by atoms with Crippen LogP contribution in [0.3, 0.4) is 0 Å². The van der Waals surface area contributed by atoms with Crippen molar-refractivity contribution in [2.75, 3.05) is 6.26 Å². The minimum atomic E-state index is 1.16. The molecule has 0 aromatic carbocycles. The molecule has 0 aromatic heterocycles. The molecule has 0 aliphatic rings. The molecule has 0 saturated carbocycles. The minimum Gasteiger partial charge on any atom is -0.135 e. The van der Waals surface area contributed by atoms with Gasteiger partial charge in [-0.05, 0) is 24.5 Å². The number of hydrogen-bond acceptors (Lipinski definition) is 1. The number of thioether (sulfide) groups is 1. The lowest BCUT2D eigenvalue weighted by atomic mass is 10.4. The van der Waals surface area contributed by atoms with E-state index in [-0.39, 0.29) is 0 Å². The summed E-state index contributed by atoms with van der Waals surface area (Å²) >= 11 is 1.81. The summed E-state index contributed by atoms with van der Waals surface area (Å²) < 4.78 is 0. The molecule has 0 heterocycles. The molecule has 0 aliphatic carbocycles. The van der Waals surface area contributed by atoms with E-state index in [1.54, 1.807) is 0 Å². The standard InChI is InChI=1S/C6H12S.C2H6/c1-4-5-6(2)7-3;1-2/h5H,4H2,1-3H3;1-2H3/b6-5-;. The van der Waals surface area contributed by atoms with Crippen molar-refractivity contribution in [3.05, 3.63) is 11.0 Å². The van der Waals surface area contributed by atoms with Crippen molar-refractivity contribution < 1.29 is 0 Å². The van der Waals surface area contributed by atoms with E-state index >= 15 is 0 Å². The summed E-state index contributed by atoms with van der Waals surface area (Å²) in [6.07, 6.45) is 5.48. The van der Waals surface area contributed by atoms with E-state index in [4.69, 9.17) is 0 Å². The zero-order chi connectivity index (χ0) is 7.70. The number of allylic oxidation sites excluding steroid dienone is 2. The second kappa shape index (κ2) is 11.0. The van der Waals surface area contributed by atoms with Crippen LogP contribution in [0.15, 0.2) is 11.0 Å². The SMILES string of the molecule is CC.CC/C=C(/C)SC. The van der Waals surface area contributed by atoms with Gasteiger partial charge in [0.2, 0.25) is 0 Å². The molecule has 0 saturated heterocycles. The molecule has 56 valence electrons. The molecule has 0 N–H and O–H groups in total. The quantitative estimate of drug-likeness (QED) is 0.572. The van der Waals surface area contributed by atoms with Crippen molar-refractivity contribution in [3.8, 4) is 0 Å². The fourth-order valence-electron chi connectivity index (χ4n) is 0.371. The monoisotopic (exact) mass is 146 g/mol. The molecule has 0 nitrogen and oxygen atoms in total. The van der Waals surface area contributed by atoms with E-state index in [9.17, 15) is 0 Å². The molecule has 0 rings (SSSR count). The first-order valence-electron chi connectivity index (χ1n) is 3.52. The van der Waals surface area contributed by atoms with Gasteiger partial charge in [0.05, 0.1) is 0 Å². The Labute approximate surface area is 63.7 Å². The highest BCUT2D eigenvalue weighted by Crippen LogP contribution is 2.09. The summed E-state index contributed by atoms with van der Waals surface area (Å²) in [5.41, 5.74) is 0. The van der Waals surface area contributed by atoms with E-state index in [0.29, 0.717) is 0 Å². The van der Waals surface area contributed by atoms with Gasteiger partial charge in [-0.1, -0.05) is 26.8 Å². The number of hydrogen-bond donors (Lipinski definition) is 0. The van der Waals surface area contributed by atoms with Crippen molar-refractivity contribution in [3.63, 3.8) is 0 Å². The maximum atomic E-state index is 2.23. The lowest BCUT2D eigenvalue weighted by Crippen LogP contribution is -1.61. The van der Waals surface area contributed by atoms with Gasteiger partial charge >= 0.3 is 0 Å². The third-order valence-electron chi connectivity index (χ3n) is 0.814. The zero-order valence-corrected chi connectivity index (χ0v) is 8.01. The van der Waals surface area contributed by atoms with Crippen molar-refractivity contribution >= 4 is 11.8 Å². The van der Waals surface area contributed by atoms with Crippen molar-refractivity contribution in [2.45, 2.75) is 34.1 Å². The van der Waals surface area contributed by atoms with Gasteiger partial charge in [-0.2, -0.15) is 0 Å². The zero-order valence-electron chi connectivity index (χ0n) is 7.19. The Morgan fingerprint density at radius 2 is 1.89 bits per heavy atom. The second-order valence-corrected chi connectivity index (χ2v) is 2.48. The third kappa shape index (κ3) is 11.6. The van der Waals surface area contributed by atoms with Gasteiger partial charge in [0.25, 0.3) is 0 Å². The molecule has 0 aromatic rings. The van der Waals surface area contributed by atoms with Gasteiger partial charge < -0.3 is 0 Å². The summed E-state index contributed by atoms with van der Waals surface area (Å²) in [7, 11) is 0. The molecule has 0 aliphatic heterocycles. The van der Waals surface area contributed by atoms with Crippen LogP contribution in [0, 0.1) is 0 Å². The Kier molecular flexibility index (Phi) is 14.4. The highest BCUT2D eigenvalue weighted by atomic mass is 32.2. The van der Waals surface area contributed by atoms with E-state index in [1.165, 1.54) is 4.91 Å². The summed E-state index contributed by atoms with van der Waals surface area (Å²) in [5.74, 6) is 0. The molecular weight excluding hydrogens is 128 g/mol. The second-order valence-electron chi connectivity index (χ2n) is 1.43. The van der Waals surface area contributed by atoms with Crippen LogP contribution in [0.4, 0.5) is 0 Å². The van der Waals surface area contributed by atoms with Crippen LogP contribution >= 0.6 is 11.8 Å². The molecule has 0 bridgehead atoms. The third-order valence-corrected chi connectivity index (χ3v) is 1.62. The van der Waals surface area contributed by atoms with Crippen LogP contribution in [-0.4, -0.2) is 6.26 Å². The van der Waals surface area contributed by atoms with Crippen molar-refractivity contribution in [1.29, 1.82) is 0 Å². The smallest absolute Gasteiger partial charge is 0.0140 e. The lowest BCUT2D eigenvalue weighted by Gasteiger charge is -1.88. The Morgan fingerprint density at radius 1 is 1.44 bits per heavy atom. The normalized spacial score (nSPS) is 10.1. The Bertz CT molecular complexity index is 65.0. The van der Waals surface area contributed by atoms with Gasteiger partial charge in [0, 0.05) is 0 Å². The van der Waals surface area contributed by atoms with Crippen molar-refractivity contribution in [2.24, 2.45) is 0 Å². The van der Waals surface area contributed by atoms with Crippen LogP contribution in [0.2, 0.25) is 0 Å². The van der Waals surface area contributed by atoms with Crippen LogP contribution in [0.25, 0.3) is 0 Å². The summed E-state index contributed by atoms with van der Waals surface area (Å²) in [6, 6.07) is 0. The van der Waals surface area contributed by atoms with Gasteiger partial charge in [-0.3, -0.25) is 0 Å². The Balaban J connectivity index is 0. The largest absolute Gasteiger partial charge is 0.135 e. The van der Waals surface area contributed by atoms with Crippen LogP contribution < -0.4 is 0 Å². The first kappa shape index (κ1) is 11.8. The molecule has 1 heteroatoms. The summed E-state index contributed by atoms with van der Waals surface area (Å²) in [5, 5.41) is 0. The van der Waals surface area contributed by atoms with Crippen LogP contribution in [0.1, 0.15) is 34.1 Å². The minimum absolute atomic E-state index is 1.16. The predicted molar refractivity (Wildman–Crippen MR) is 48.9 cm³/mol. The van der Waals surface area contributed by atoms with E-state index in [1.807, 2.05) is 25.6 Å². The van der Waals surface area contributed by atoms with Gasteiger partial charge in [-0.15, -0.1) is 11.8 Å². The molecule has 0 fully saturated rings. The molecule has 0 radical (unpaired) electrons. The van der Waals surface area contributed by atoms with Crippen LogP contribution in [0.5, 0.6) is 0 Å². The average molecular weight is 146 g/mol.